The number of hydrogen-bond acceptors (Lipinski definition) is 2. The summed E-state index contributed by atoms with van der Waals surface area (Å²) in [4.78, 5) is 26.7. The fourth-order valence-electron chi connectivity index (χ4n) is 2.87. The molecule has 0 spiro atoms. The van der Waals surface area contributed by atoms with Crippen LogP contribution in [0.15, 0.2) is 60.7 Å². The van der Waals surface area contributed by atoms with Gasteiger partial charge in [0.1, 0.15) is 12.1 Å². The van der Waals surface area contributed by atoms with E-state index in [1.807, 2.05) is 60.7 Å². The minimum absolute atomic E-state index is 0.0233. The van der Waals surface area contributed by atoms with Crippen LogP contribution in [-0.2, 0) is 22.6 Å². The predicted octanol–water partition coefficient (Wildman–Crippen LogP) is 2.14. The molecular formula is C19H20N2O2. The van der Waals surface area contributed by atoms with Crippen molar-refractivity contribution in [1.29, 1.82) is 0 Å². The first-order chi connectivity index (χ1) is 11.1. The largest absolute Gasteiger partial charge is 0.342 e. The molecule has 1 aliphatic heterocycles. The molecule has 1 fully saturated rings. The Bertz CT molecular complexity index is 685. The summed E-state index contributed by atoms with van der Waals surface area (Å²) < 4.78 is 0. The minimum Gasteiger partial charge on any atom is -0.342 e. The second kappa shape index (κ2) is 6.65. The second-order valence-electron chi connectivity index (χ2n) is 5.88. The van der Waals surface area contributed by atoms with Crippen LogP contribution in [0.5, 0.6) is 0 Å². The van der Waals surface area contributed by atoms with Crippen molar-refractivity contribution in [2.75, 3.05) is 0 Å². The van der Waals surface area contributed by atoms with E-state index in [-0.39, 0.29) is 11.8 Å². The molecule has 2 amide bonds. The summed E-state index contributed by atoms with van der Waals surface area (Å²) in [5, 5.41) is 2.85. The van der Waals surface area contributed by atoms with Gasteiger partial charge in [-0.25, -0.2) is 0 Å². The zero-order valence-corrected chi connectivity index (χ0v) is 13.1. The molecule has 0 aliphatic carbocycles. The molecule has 118 valence electrons. The number of piperazine rings is 1. The van der Waals surface area contributed by atoms with E-state index in [9.17, 15) is 9.59 Å². The number of benzene rings is 2. The van der Waals surface area contributed by atoms with Gasteiger partial charge in [-0.2, -0.15) is 0 Å². The fourth-order valence-corrected chi connectivity index (χ4v) is 2.87. The highest BCUT2D eigenvalue weighted by atomic mass is 16.2. The van der Waals surface area contributed by atoms with E-state index in [0.29, 0.717) is 13.0 Å². The van der Waals surface area contributed by atoms with Crippen molar-refractivity contribution in [2.45, 2.75) is 32.0 Å². The van der Waals surface area contributed by atoms with Crippen LogP contribution < -0.4 is 5.32 Å². The lowest BCUT2D eigenvalue weighted by Gasteiger charge is -2.37. The maximum atomic E-state index is 12.8. The third kappa shape index (κ3) is 3.42. The smallest absolute Gasteiger partial charge is 0.246 e. The van der Waals surface area contributed by atoms with Gasteiger partial charge >= 0.3 is 0 Å². The Hall–Kier alpha value is -2.62. The summed E-state index contributed by atoms with van der Waals surface area (Å²) in [5.74, 6) is -0.119. The highest BCUT2D eigenvalue weighted by Gasteiger charge is 2.37. The molecule has 3 rings (SSSR count). The molecule has 1 N–H and O–H groups in total. The Morgan fingerprint density at radius 2 is 1.48 bits per heavy atom. The van der Waals surface area contributed by atoms with E-state index in [4.69, 9.17) is 0 Å². The lowest BCUT2D eigenvalue weighted by Crippen LogP contribution is -2.62. The van der Waals surface area contributed by atoms with Crippen LogP contribution in [0.3, 0.4) is 0 Å². The molecule has 4 heteroatoms. The molecule has 2 atom stereocenters. The van der Waals surface area contributed by atoms with E-state index in [0.717, 1.165) is 11.1 Å². The molecule has 1 heterocycles. The van der Waals surface area contributed by atoms with Crippen LogP contribution in [-0.4, -0.2) is 28.8 Å². The number of carbonyl (C=O) groups is 2. The van der Waals surface area contributed by atoms with Gasteiger partial charge < -0.3 is 10.2 Å². The summed E-state index contributed by atoms with van der Waals surface area (Å²) >= 11 is 0. The maximum Gasteiger partial charge on any atom is 0.246 e. The van der Waals surface area contributed by atoms with E-state index in [1.54, 1.807) is 11.8 Å². The number of rotatable bonds is 4. The second-order valence-corrected chi connectivity index (χ2v) is 5.88. The molecule has 0 saturated carbocycles. The summed E-state index contributed by atoms with van der Waals surface area (Å²) in [7, 11) is 0. The zero-order valence-electron chi connectivity index (χ0n) is 13.1. The average molecular weight is 308 g/mol. The van der Waals surface area contributed by atoms with Gasteiger partial charge in [-0.1, -0.05) is 60.7 Å². The molecule has 0 bridgehead atoms. The van der Waals surface area contributed by atoms with Crippen LogP contribution in [0.1, 0.15) is 18.1 Å². The highest BCUT2D eigenvalue weighted by molar-refractivity contribution is 5.96. The average Bonchev–Trinajstić information content (AvgIpc) is 2.58. The molecular weight excluding hydrogens is 288 g/mol. The van der Waals surface area contributed by atoms with Crippen LogP contribution in [0.25, 0.3) is 0 Å². The number of carbonyl (C=O) groups excluding carboxylic acids is 2. The van der Waals surface area contributed by atoms with Crippen molar-refractivity contribution in [1.82, 2.24) is 10.2 Å². The Kier molecular flexibility index (Phi) is 4.42. The Morgan fingerprint density at radius 3 is 2.09 bits per heavy atom. The Balaban J connectivity index is 1.78. The number of hydrogen-bond donors (Lipinski definition) is 1. The van der Waals surface area contributed by atoms with Crippen molar-refractivity contribution in [3.05, 3.63) is 71.8 Å². The Labute approximate surface area is 136 Å². The van der Waals surface area contributed by atoms with Crippen molar-refractivity contribution in [2.24, 2.45) is 0 Å². The third-order valence-electron chi connectivity index (χ3n) is 4.22. The standard InChI is InChI=1S/C19H20N2O2/c1-14-18(22)20-17(12-15-8-4-2-5-9-15)19(23)21(14)13-16-10-6-3-7-11-16/h2-11,14,17H,12-13H2,1H3,(H,20,22)/t14-,17+/m0/s1. The van der Waals surface area contributed by atoms with Crippen molar-refractivity contribution < 1.29 is 9.59 Å². The molecule has 1 saturated heterocycles. The lowest BCUT2D eigenvalue weighted by molar-refractivity contribution is -0.149. The van der Waals surface area contributed by atoms with Crippen molar-refractivity contribution >= 4 is 11.8 Å². The molecule has 1 aliphatic rings. The van der Waals surface area contributed by atoms with E-state index >= 15 is 0 Å². The first-order valence-corrected chi connectivity index (χ1v) is 7.84. The van der Waals surface area contributed by atoms with Crippen molar-refractivity contribution in [3.8, 4) is 0 Å². The lowest BCUT2D eigenvalue weighted by atomic mass is 10.00. The number of nitrogens with one attached hydrogen (secondary N) is 1. The van der Waals surface area contributed by atoms with Gasteiger partial charge in [-0.05, 0) is 18.1 Å². The molecule has 0 unspecified atom stereocenters. The molecule has 2 aromatic rings. The van der Waals surface area contributed by atoms with Gasteiger partial charge in [0.15, 0.2) is 0 Å². The van der Waals surface area contributed by atoms with Gasteiger partial charge in [0, 0.05) is 13.0 Å². The zero-order chi connectivity index (χ0) is 16.2. The van der Waals surface area contributed by atoms with E-state index in [2.05, 4.69) is 5.32 Å². The van der Waals surface area contributed by atoms with Gasteiger partial charge in [-0.3, -0.25) is 9.59 Å². The van der Waals surface area contributed by atoms with Gasteiger partial charge in [-0.15, -0.1) is 0 Å². The molecule has 23 heavy (non-hydrogen) atoms. The van der Waals surface area contributed by atoms with Crippen LogP contribution >= 0.6 is 0 Å². The van der Waals surface area contributed by atoms with Crippen molar-refractivity contribution in [3.63, 3.8) is 0 Å². The normalized spacial score (nSPS) is 21.2. The van der Waals surface area contributed by atoms with Crippen LogP contribution in [0.2, 0.25) is 0 Å². The van der Waals surface area contributed by atoms with Gasteiger partial charge in [0.2, 0.25) is 11.8 Å². The molecule has 0 radical (unpaired) electrons. The third-order valence-corrected chi connectivity index (χ3v) is 4.22. The highest BCUT2D eigenvalue weighted by Crippen LogP contribution is 2.17. The van der Waals surface area contributed by atoms with E-state index in [1.165, 1.54) is 0 Å². The maximum absolute atomic E-state index is 12.8. The van der Waals surface area contributed by atoms with Gasteiger partial charge in [0.25, 0.3) is 0 Å². The first-order valence-electron chi connectivity index (χ1n) is 7.84. The van der Waals surface area contributed by atoms with Crippen LogP contribution in [0.4, 0.5) is 0 Å². The quantitative estimate of drug-likeness (QED) is 0.941. The summed E-state index contributed by atoms with van der Waals surface area (Å²) in [6.07, 6.45) is 0.517. The summed E-state index contributed by atoms with van der Waals surface area (Å²) in [5.41, 5.74) is 2.07. The topological polar surface area (TPSA) is 49.4 Å². The summed E-state index contributed by atoms with van der Waals surface area (Å²) in [6, 6.07) is 18.6. The first kappa shape index (κ1) is 15.3. The molecule has 2 aromatic carbocycles. The van der Waals surface area contributed by atoms with Gasteiger partial charge in [0.05, 0.1) is 0 Å². The van der Waals surface area contributed by atoms with E-state index < -0.39 is 12.1 Å². The number of amides is 2. The van der Waals surface area contributed by atoms with Crippen LogP contribution in [0, 0.1) is 0 Å². The fraction of sp³-hybridized carbons (Fsp3) is 0.263. The number of nitrogens with zero attached hydrogens (tertiary/aromatic N) is 1. The Morgan fingerprint density at radius 1 is 0.913 bits per heavy atom. The summed E-state index contributed by atoms with van der Waals surface area (Å²) in [6.45, 7) is 2.23. The molecule has 0 aromatic heterocycles. The predicted molar refractivity (Wildman–Crippen MR) is 88.5 cm³/mol. The molecule has 4 nitrogen and oxygen atoms in total. The SMILES string of the molecule is C[C@H]1C(=O)N[C@H](Cc2ccccc2)C(=O)N1Cc1ccccc1. The monoisotopic (exact) mass is 308 g/mol. The minimum atomic E-state index is -0.496.